The molecule has 0 fully saturated rings. The number of hydrogen-bond donors (Lipinski definition) is 0. The van der Waals surface area contributed by atoms with Crippen LogP contribution in [-0.2, 0) is 0 Å². The first-order valence-corrected chi connectivity index (χ1v) is 12.0. The first-order valence-electron chi connectivity index (χ1n) is 12.0. The van der Waals surface area contributed by atoms with Crippen LogP contribution in [0.15, 0.2) is 110 Å². The van der Waals surface area contributed by atoms with Crippen LogP contribution >= 0.6 is 0 Å². The second kappa shape index (κ2) is 7.09. The van der Waals surface area contributed by atoms with E-state index in [4.69, 9.17) is 18.2 Å². The Morgan fingerprint density at radius 3 is 1.97 bits per heavy atom. The summed E-state index contributed by atoms with van der Waals surface area (Å²) in [5, 5.41) is 5.38. The Bertz CT molecular complexity index is 2120. The quantitative estimate of drug-likeness (QED) is 0.255. The summed E-state index contributed by atoms with van der Waals surface area (Å²) >= 11 is 0. The van der Waals surface area contributed by atoms with Gasteiger partial charge in [-0.3, -0.25) is 4.98 Å². The lowest BCUT2D eigenvalue weighted by atomic mass is 9.99. The van der Waals surface area contributed by atoms with Gasteiger partial charge in [0.25, 0.3) is 0 Å². The van der Waals surface area contributed by atoms with Crippen molar-refractivity contribution in [2.24, 2.45) is 0 Å². The molecule has 0 aliphatic heterocycles. The van der Waals surface area contributed by atoms with Gasteiger partial charge in [0, 0.05) is 49.8 Å². The Kier molecular flexibility index (Phi) is 3.84. The average molecular weight is 466 g/mol. The van der Waals surface area contributed by atoms with Gasteiger partial charge in [-0.25, -0.2) is 0 Å². The van der Waals surface area contributed by atoms with Crippen molar-refractivity contribution in [3.63, 3.8) is 0 Å². The van der Waals surface area contributed by atoms with Gasteiger partial charge < -0.3 is 13.3 Å². The van der Waals surface area contributed by atoms with Gasteiger partial charge >= 0.3 is 0 Å². The third kappa shape index (κ3) is 2.61. The zero-order valence-electron chi connectivity index (χ0n) is 19.4. The molecule has 0 unspecified atom stereocenters. The predicted octanol–water partition coefficient (Wildman–Crippen LogP) is 9.27. The molecule has 8 rings (SSSR count). The minimum atomic E-state index is 0.804. The number of furan rings is 3. The van der Waals surface area contributed by atoms with E-state index < -0.39 is 0 Å². The molecule has 4 heteroatoms. The molecule has 0 radical (unpaired) electrons. The van der Waals surface area contributed by atoms with Crippen molar-refractivity contribution in [3.05, 3.63) is 103 Å². The lowest BCUT2D eigenvalue weighted by Crippen LogP contribution is -1.87. The van der Waals surface area contributed by atoms with Crippen LogP contribution in [0.2, 0.25) is 0 Å². The maximum absolute atomic E-state index is 6.48. The Balaban J connectivity index is 1.45. The van der Waals surface area contributed by atoms with E-state index >= 15 is 0 Å². The lowest BCUT2D eigenvalue weighted by Gasteiger charge is -2.06. The van der Waals surface area contributed by atoms with Crippen molar-refractivity contribution >= 4 is 54.8 Å². The maximum atomic E-state index is 6.48. The molecule has 0 saturated carbocycles. The fourth-order valence-corrected chi connectivity index (χ4v) is 5.46. The van der Waals surface area contributed by atoms with Gasteiger partial charge in [-0.2, -0.15) is 0 Å². The van der Waals surface area contributed by atoms with Crippen molar-refractivity contribution in [2.75, 3.05) is 0 Å². The average Bonchev–Trinajstić information content (AvgIpc) is 3.59. The Labute approximate surface area is 205 Å². The van der Waals surface area contributed by atoms with Crippen LogP contribution in [0.4, 0.5) is 0 Å². The van der Waals surface area contributed by atoms with Crippen LogP contribution in [0.1, 0.15) is 5.56 Å². The number of aryl methyl sites for hydroxylation is 1. The van der Waals surface area contributed by atoms with E-state index in [1.165, 1.54) is 0 Å². The van der Waals surface area contributed by atoms with Crippen LogP contribution in [0.3, 0.4) is 0 Å². The second-order valence-electron chi connectivity index (χ2n) is 9.18. The fourth-order valence-electron chi connectivity index (χ4n) is 5.46. The van der Waals surface area contributed by atoms with E-state index in [1.807, 2.05) is 66.9 Å². The number of rotatable bonds is 2. The molecule has 0 atom stereocenters. The molecule has 4 aromatic heterocycles. The minimum Gasteiger partial charge on any atom is -0.456 e. The molecular formula is C32H19NO3. The van der Waals surface area contributed by atoms with Crippen molar-refractivity contribution < 1.29 is 13.3 Å². The number of fused-ring (bicyclic) bond motifs is 8. The maximum Gasteiger partial charge on any atom is 0.145 e. The van der Waals surface area contributed by atoms with E-state index in [9.17, 15) is 0 Å². The summed E-state index contributed by atoms with van der Waals surface area (Å²) in [5.74, 6) is 0.852. The Hall–Kier alpha value is -4.83. The SMILES string of the molecule is Cc1c(-c2ccnc(-c3cc4oc5ccccc5c4c4c3oc3ccccc34)c2)oc2ccccc12. The summed E-state index contributed by atoms with van der Waals surface area (Å²) in [5.41, 5.74) is 7.99. The highest BCUT2D eigenvalue weighted by Gasteiger charge is 2.21. The summed E-state index contributed by atoms with van der Waals surface area (Å²) in [4.78, 5) is 4.76. The Morgan fingerprint density at radius 2 is 1.22 bits per heavy atom. The molecule has 0 amide bonds. The molecule has 8 aromatic rings. The number of nitrogens with zero attached hydrogens (tertiary/aromatic N) is 1. The molecule has 170 valence electrons. The van der Waals surface area contributed by atoms with Gasteiger partial charge in [-0.05, 0) is 43.3 Å². The first-order chi connectivity index (χ1) is 17.8. The van der Waals surface area contributed by atoms with Gasteiger partial charge in [-0.1, -0.05) is 54.6 Å². The van der Waals surface area contributed by atoms with E-state index in [-0.39, 0.29) is 0 Å². The second-order valence-corrected chi connectivity index (χ2v) is 9.18. The van der Waals surface area contributed by atoms with E-state index in [2.05, 4.69) is 37.3 Å². The van der Waals surface area contributed by atoms with Crippen molar-refractivity contribution in [3.8, 4) is 22.6 Å². The van der Waals surface area contributed by atoms with Crippen molar-refractivity contribution in [1.29, 1.82) is 0 Å². The molecule has 4 heterocycles. The monoisotopic (exact) mass is 465 g/mol. The summed E-state index contributed by atoms with van der Waals surface area (Å²) in [6.45, 7) is 2.10. The summed E-state index contributed by atoms with van der Waals surface area (Å²) in [6.07, 6.45) is 1.83. The molecule has 0 bridgehead atoms. The minimum absolute atomic E-state index is 0.804. The highest BCUT2D eigenvalue weighted by atomic mass is 16.3. The molecular weight excluding hydrogens is 446 g/mol. The van der Waals surface area contributed by atoms with Gasteiger partial charge in [0.15, 0.2) is 0 Å². The van der Waals surface area contributed by atoms with Crippen LogP contribution in [-0.4, -0.2) is 4.98 Å². The smallest absolute Gasteiger partial charge is 0.145 e. The summed E-state index contributed by atoms with van der Waals surface area (Å²) in [7, 11) is 0. The number of hydrogen-bond acceptors (Lipinski definition) is 4. The van der Waals surface area contributed by atoms with E-state index in [0.29, 0.717) is 0 Å². The largest absolute Gasteiger partial charge is 0.456 e. The Morgan fingerprint density at radius 1 is 0.583 bits per heavy atom. The van der Waals surface area contributed by atoms with E-state index in [1.54, 1.807) is 0 Å². The van der Waals surface area contributed by atoms with Gasteiger partial charge in [0.05, 0.1) is 5.69 Å². The molecule has 0 aliphatic rings. The number of para-hydroxylation sites is 3. The highest BCUT2D eigenvalue weighted by molar-refractivity contribution is 6.28. The number of benzene rings is 4. The standard InChI is InChI=1S/C32H19NO3/c1-18-20-8-2-5-11-25(20)35-31(18)19-14-15-33-24(16-19)23-17-28-29(21-9-3-6-12-26(21)34-28)30-22-10-4-7-13-27(22)36-32(23)30/h2-17H,1H3. The molecule has 0 N–H and O–H groups in total. The van der Waals surface area contributed by atoms with Crippen LogP contribution in [0.5, 0.6) is 0 Å². The van der Waals surface area contributed by atoms with Crippen molar-refractivity contribution in [1.82, 2.24) is 4.98 Å². The topological polar surface area (TPSA) is 52.3 Å². The van der Waals surface area contributed by atoms with Gasteiger partial charge in [0.2, 0.25) is 0 Å². The van der Waals surface area contributed by atoms with Crippen LogP contribution < -0.4 is 0 Å². The predicted molar refractivity (Wildman–Crippen MR) is 144 cm³/mol. The third-order valence-electron chi connectivity index (χ3n) is 7.13. The normalized spacial score (nSPS) is 12.0. The zero-order chi connectivity index (χ0) is 23.8. The summed E-state index contributed by atoms with van der Waals surface area (Å²) in [6, 6.07) is 30.5. The van der Waals surface area contributed by atoms with Gasteiger partial charge in [0.1, 0.15) is 33.7 Å². The zero-order valence-corrected chi connectivity index (χ0v) is 19.4. The van der Waals surface area contributed by atoms with Gasteiger partial charge in [-0.15, -0.1) is 0 Å². The first kappa shape index (κ1) is 19.5. The lowest BCUT2D eigenvalue weighted by molar-refractivity contribution is 0.629. The number of pyridine rings is 1. The van der Waals surface area contributed by atoms with Crippen LogP contribution in [0, 0.1) is 6.92 Å². The third-order valence-corrected chi connectivity index (χ3v) is 7.13. The fraction of sp³-hybridized carbons (Fsp3) is 0.0312. The van der Waals surface area contributed by atoms with Crippen molar-refractivity contribution in [2.45, 2.75) is 6.92 Å². The molecule has 0 saturated heterocycles. The molecule has 0 spiro atoms. The highest BCUT2D eigenvalue weighted by Crippen LogP contribution is 2.44. The molecule has 4 nitrogen and oxygen atoms in total. The molecule has 0 aliphatic carbocycles. The van der Waals surface area contributed by atoms with E-state index in [0.717, 1.165) is 83.0 Å². The molecule has 4 aromatic carbocycles. The molecule has 36 heavy (non-hydrogen) atoms. The number of aromatic nitrogens is 1. The van der Waals surface area contributed by atoms with Crippen LogP contribution in [0.25, 0.3) is 77.4 Å². The summed E-state index contributed by atoms with van der Waals surface area (Å²) < 4.78 is 19.1.